The highest BCUT2D eigenvalue weighted by Crippen LogP contribution is 2.27. The van der Waals surface area contributed by atoms with Crippen LogP contribution < -0.4 is 10.1 Å². The number of ether oxygens (including phenoxy) is 2. The summed E-state index contributed by atoms with van der Waals surface area (Å²) in [4.78, 5) is 1.16. The van der Waals surface area contributed by atoms with E-state index in [-0.39, 0.29) is 0 Å². The van der Waals surface area contributed by atoms with Crippen LogP contribution in [0.25, 0.3) is 0 Å². The third kappa shape index (κ3) is 5.60. The molecular formula is C15H17BrClNO2S. The van der Waals surface area contributed by atoms with E-state index in [1.807, 2.05) is 29.6 Å². The van der Waals surface area contributed by atoms with Crippen LogP contribution in [0.1, 0.15) is 10.4 Å². The molecule has 0 spiro atoms. The third-order valence-electron chi connectivity index (χ3n) is 2.80. The Morgan fingerprint density at radius 2 is 2.19 bits per heavy atom. The van der Waals surface area contributed by atoms with E-state index < -0.39 is 0 Å². The van der Waals surface area contributed by atoms with Gasteiger partial charge in [0.05, 0.1) is 11.6 Å². The molecule has 2 aromatic rings. The molecule has 0 fully saturated rings. The second-order valence-electron chi connectivity index (χ2n) is 4.45. The lowest BCUT2D eigenvalue weighted by atomic mass is 10.2. The minimum Gasteiger partial charge on any atom is -0.487 e. The number of nitrogens with one attached hydrogen (secondary N) is 1. The minimum absolute atomic E-state index is 0.529. The summed E-state index contributed by atoms with van der Waals surface area (Å²) in [5.74, 6) is 0.710. The molecule has 1 aromatic carbocycles. The van der Waals surface area contributed by atoms with Crippen LogP contribution in [0.4, 0.5) is 0 Å². The van der Waals surface area contributed by atoms with Crippen molar-refractivity contribution < 1.29 is 9.47 Å². The Morgan fingerprint density at radius 3 is 2.86 bits per heavy atom. The summed E-state index contributed by atoms with van der Waals surface area (Å²) in [7, 11) is 1.69. The average Bonchev–Trinajstić information content (AvgIpc) is 2.88. The molecule has 0 radical (unpaired) electrons. The van der Waals surface area contributed by atoms with Gasteiger partial charge in [-0.15, -0.1) is 11.3 Å². The molecule has 0 saturated carbocycles. The lowest BCUT2D eigenvalue weighted by Crippen LogP contribution is -2.18. The van der Waals surface area contributed by atoms with E-state index in [1.165, 1.54) is 0 Å². The van der Waals surface area contributed by atoms with Crippen LogP contribution in [0.3, 0.4) is 0 Å². The molecule has 1 aromatic heterocycles. The maximum Gasteiger partial charge on any atom is 0.138 e. The highest BCUT2D eigenvalue weighted by molar-refractivity contribution is 9.10. The van der Waals surface area contributed by atoms with Crippen LogP contribution in [-0.4, -0.2) is 20.3 Å². The molecule has 21 heavy (non-hydrogen) atoms. The van der Waals surface area contributed by atoms with Crippen molar-refractivity contribution in [2.75, 3.05) is 20.3 Å². The fourth-order valence-electron chi connectivity index (χ4n) is 1.76. The van der Waals surface area contributed by atoms with E-state index in [1.54, 1.807) is 18.4 Å². The summed E-state index contributed by atoms with van der Waals surface area (Å²) in [6.07, 6.45) is 0. The number of hydrogen-bond acceptors (Lipinski definition) is 4. The molecule has 0 amide bonds. The van der Waals surface area contributed by atoms with Crippen molar-refractivity contribution in [1.29, 1.82) is 0 Å². The number of benzene rings is 1. The quantitative estimate of drug-likeness (QED) is 0.674. The lowest BCUT2D eigenvalue weighted by molar-refractivity contribution is 0.199. The molecule has 0 aliphatic heterocycles. The first-order chi connectivity index (χ1) is 10.2. The van der Waals surface area contributed by atoms with Crippen LogP contribution in [0, 0.1) is 0 Å². The average molecular weight is 391 g/mol. The van der Waals surface area contributed by atoms with E-state index in [9.17, 15) is 0 Å². The van der Waals surface area contributed by atoms with Gasteiger partial charge in [0.1, 0.15) is 12.4 Å². The Kier molecular flexibility index (Phi) is 6.99. The number of thiophene rings is 1. The number of rotatable bonds is 8. The Hall–Kier alpha value is -0.590. The van der Waals surface area contributed by atoms with Crippen molar-refractivity contribution >= 4 is 38.9 Å². The van der Waals surface area contributed by atoms with E-state index in [4.69, 9.17) is 21.1 Å². The summed E-state index contributed by atoms with van der Waals surface area (Å²) in [5.41, 5.74) is 1.13. The first-order valence-corrected chi connectivity index (χ1v) is 8.58. The van der Waals surface area contributed by atoms with Gasteiger partial charge in [0.25, 0.3) is 0 Å². The number of hydrogen-bond donors (Lipinski definition) is 1. The molecule has 0 saturated heterocycles. The van der Waals surface area contributed by atoms with Crippen LogP contribution in [-0.2, 0) is 17.9 Å². The van der Waals surface area contributed by atoms with Gasteiger partial charge in [0, 0.05) is 34.9 Å². The minimum atomic E-state index is 0.529. The normalized spacial score (nSPS) is 10.8. The Balaban J connectivity index is 1.86. The molecule has 1 heterocycles. The zero-order valence-electron chi connectivity index (χ0n) is 11.7. The fourth-order valence-corrected chi connectivity index (χ4v) is 3.38. The molecular weight excluding hydrogens is 374 g/mol. The Bertz CT molecular complexity index is 577. The van der Waals surface area contributed by atoms with Gasteiger partial charge in [-0.2, -0.15) is 0 Å². The van der Waals surface area contributed by atoms with Crippen LogP contribution in [0.15, 0.2) is 34.1 Å². The second kappa shape index (κ2) is 8.76. The Labute approximate surface area is 142 Å². The second-order valence-corrected chi connectivity index (χ2v) is 6.77. The van der Waals surface area contributed by atoms with E-state index in [0.717, 1.165) is 28.0 Å². The molecule has 3 nitrogen and oxygen atoms in total. The van der Waals surface area contributed by atoms with Crippen molar-refractivity contribution in [3.8, 4) is 5.75 Å². The number of methoxy groups -OCH3 is 1. The first kappa shape index (κ1) is 16.8. The van der Waals surface area contributed by atoms with E-state index >= 15 is 0 Å². The molecule has 114 valence electrons. The molecule has 2 rings (SSSR count). The fraction of sp³-hybridized carbons (Fsp3) is 0.333. The summed E-state index contributed by atoms with van der Waals surface area (Å²) < 4.78 is 11.8. The van der Waals surface area contributed by atoms with Gasteiger partial charge in [-0.3, -0.25) is 0 Å². The summed E-state index contributed by atoms with van der Waals surface area (Å²) >= 11 is 11.3. The van der Waals surface area contributed by atoms with Gasteiger partial charge in [0.2, 0.25) is 0 Å². The van der Waals surface area contributed by atoms with Crippen molar-refractivity contribution in [3.63, 3.8) is 0 Å². The maximum atomic E-state index is 6.26. The van der Waals surface area contributed by atoms with Gasteiger partial charge in [-0.1, -0.05) is 17.7 Å². The van der Waals surface area contributed by atoms with Crippen LogP contribution in [0.5, 0.6) is 5.75 Å². The monoisotopic (exact) mass is 389 g/mol. The van der Waals surface area contributed by atoms with Gasteiger partial charge in [-0.05, 0) is 39.7 Å². The lowest BCUT2D eigenvalue weighted by Gasteiger charge is -2.09. The topological polar surface area (TPSA) is 30.5 Å². The zero-order valence-corrected chi connectivity index (χ0v) is 14.9. The highest BCUT2D eigenvalue weighted by Gasteiger charge is 2.05. The largest absolute Gasteiger partial charge is 0.487 e. The smallest absolute Gasteiger partial charge is 0.138 e. The van der Waals surface area contributed by atoms with Crippen molar-refractivity contribution in [2.45, 2.75) is 13.2 Å². The summed E-state index contributed by atoms with van der Waals surface area (Å²) in [6.45, 7) is 2.81. The SMILES string of the molecule is COCCNCc1ccc(OCc2cc(Br)cs2)c(Cl)c1. The zero-order chi connectivity index (χ0) is 15.1. The molecule has 0 aliphatic rings. The molecule has 0 aliphatic carbocycles. The van der Waals surface area contributed by atoms with Crippen LogP contribution >= 0.6 is 38.9 Å². The standard InChI is InChI=1S/C15H17BrClNO2S/c1-19-5-4-18-8-11-2-3-15(14(17)6-11)20-9-13-7-12(16)10-21-13/h2-3,6-7,10,18H,4-5,8-9H2,1H3. The first-order valence-electron chi connectivity index (χ1n) is 6.53. The van der Waals surface area contributed by atoms with Crippen LogP contribution in [0.2, 0.25) is 5.02 Å². The maximum absolute atomic E-state index is 6.26. The third-order valence-corrected chi connectivity index (χ3v) is 4.77. The highest BCUT2D eigenvalue weighted by atomic mass is 79.9. The van der Waals surface area contributed by atoms with Crippen molar-refractivity contribution in [3.05, 3.63) is 49.6 Å². The van der Waals surface area contributed by atoms with Crippen molar-refractivity contribution in [2.24, 2.45) is 0 Å². The molecule has 0 atom stereocenters. The predicted octanol–water partition coefficient (Wildman–Crippen LogP) is 4.48. The molecule has 6 heteroatoms. The molecule has 0 unspecified atom stereocenters. The van der Waals surface area contributed by atoms with Gasteiger partial charge in [0.15, 0.2) is 0 Å². The molecule has 0 bridgehead atoms. The van der Waals surface area contributed by atoms with Gasteiger partial charge < -0.3 is 14.8 Å². The predicted molar refractivity (Wildman–Crippen MR) is 91.4 cm³/mol. The molecule has 1 N–H and O–H groups in total. The summed E-state index contributed by atoms with van der Waals surface area (Å²) in [6, 6.07) is 7.91. The number of halogens is 2. The van der Waals surface area contributed by atoms with E-state index in [0.29, 0.717) is 24.0 Å². The summed E-state index contributed by atoms with van der Waals surface area (Å²) in [5, 5.41) is 5.95. The van der Waals surface area contributed by atoms with Gasteiger partial charge >= 0.3 is 0 Å². The van der Waals surface area contributed by atoms with Gasteiger partial charge in [-0.25, -0.2) is 0 Å². The van der Waals surface area contributed by atoms with Crippen molar-refractivity contribution in [1.82, 2.24) is 5.32 Å². The van der Waals surface area contributed by atoms with E-state index in [2.05, 4.69) is 21.2 Å². The Morgan fingerprint density at radius 1 is 1.33 bits per heavy atom.